The van der Waals surface area contributed by atoms with Gasteiger partial charge in [-0.25, -0.2) is 0 Å². The summed E-state index contributed by atoms with van der Waals surface area (Å²) in [6.45, 7) is 2.23. The first kappa shape index (κ1) is 12.5. The molecule has 2 aliphatic rings. The highest BCUT2D eigenvalue weighted by molar-refractivity contribution is 5.94. The number of hydrogen-bond acceptors (Lipinski definition) is 3. The number of benzene rings is 1. The van der Waals surface area contributed by atoms with Gasteiger partial charge >= 0.3 is 0 Å². The quantitative estimate of drug-likeness (QED) is 0.871. The predicted molar refractivity (Wildman–Crippen MR) is 77.3 cm³/mol. The summed E-state index contributed by atoms with van der Waals surface area (Å²) in [6, 6.07) is 8.54. The molecule has 1 unspecified atom stereocenters. The van der Waals surface area contributed by atoms with Gasteiger partial charge in [0.1, 0.15) is 0 Å². The molecule has 1 aromatic rings. The van der Waals surface area contributed by atoms with Gasteiger partial charge in [-0.05, 0) is 51.1 Å². The summed E-state index contributed by atoms with van der Waals surface area (Å²) >= 11 is 0. The summed E-state index contributed by atoms with van der Waals surface area (Å²) in [5.41, 5.74) is 1.99. The molecule has 1 aliphatic heterocycles. The average molecular weight is 259 g/mol. The number of likely N-dealkylation sites (tertiary alicyclic amines) is 1. The number of amides is 1. The summed E-state index contributed by atoms with van der Waals surface area (Å²) in [6.07, 6.45) is 3.26. The van der Waals surface area contributed by atoms with Crippen molar-refractivity contribution in [1.82, 2.24) is 4.90 Å². The Kier molecular flexibility index (Phi) is 3.42. The lowest BCUT2D eigenvalue weighted by Crippen LogP contribution is -2.23. The molecule has 0 bridgehead atoms. The molecule has 102 valence electrons. The van der Waals surface area contributed by atoms with Crippen LogP contribution in [0.5, 0.6) is 0 Å². The van der Waals surface area contributed by atoms with Gasteiger partial charge in [-0.15, -0.1) is 0 Å². The Morgan fingerprint density at radius 3 is 2.74 bits per heavy atom. The van der Waals surface area contributed by atoms with Crippen LogP contribution < -0.4 is 10.6 Å². The Morgan fingerprint density at radius 2 is 2.05 bits per heavy atom. The van der Waals surface area contributed by atoms with Crippen LogP contribution in [0, 0.1) is 5.92 Å². The van der Waals surface area contributed by atoms with E-state index in [2.05, 4.69) is 28.6 Å². The second kappa shape index (κ2) is 5.21. The highest BCUT2D eigenvalue weighted by Crippen LogP contribution is 2.30. The first-order valence-corrected chi connectivity index (χ1v) is 7.07. The third kappa shape index (κ3) is 3.26. The zero-order valence-electron chi connectivity index (χ0n) is 11.4. The normalized spacial score (nSPS) is 23.3. The molecule has 3 rings (SSSR count). The number of carbonyl (C=O) groups excluding carboxylic acids is 1. The lowest BCUT2D eigenvalue weighted by atomic mass is 10.2. The van der Waals surface area contributed by atoms with Crippen LogP contribution in [-0.2, 0) is 4.79 Å². The van der Waals surface area contributed by atoms with Gasteiger partial charge in [0.2, 0.25) is 5.91 Å². The van der Waals surface area contributed by atoms with E-state index in [0.717, 1.165) is 37.3 Å². The number of likely N-dealkylation sites (N-methyl/N-ethyl adjacent to an activating group) is 1. The summed E-state index contributed by atoms with van der Waals surface area (Å²) in [4.78, 5) is 14.1. The van der Waals surface area contributed by atoms with Crippen molar-refractivity contribution in [2.75, 3.05) is 30.8 Å². The average Bonchev–Trinajstić information content (AvgIpc) is 3.15. The first-order valence-electron chi connectivity index (χ1n) is 7.07. The molecule has 1 heterocycles. The smallest absolute Gasteiger partial charge is 0.227 e. The Bertz CT molecular complexity index is 470. The molecule has 1 saturated heterocycles. The Morgan fingerprint density at radius 1 is 1.26 bits per heavy atom. The molecule has 2 fully saturated rings. The van der Waals surface area contributed by atoms with E-state index in [1.54, 1.807) is 0 Å². The third-order valence-corrected chi connectivity index (χ3v) is 3.84. The Hall–Kier alpha value is -1.55. The van der Waals surface area contributed by atoms with E-state index < -0.39 is 0 Å². The van der Waals surface area contributed by atoms with Gasteiger partial charge in [0.25, 0.3) is 0 Å². The van der Waals surface area contributed by atoms with Crippen molar-refractivity contribution in [1.29, 1.82) is 0 Å². The number of anilines is 2. The topological polar surface area (TPSA) is 44.4 Å². The molecular formula is C15H21N3O. The highest BCUT2D eigenvalue weighted by atomic mass is 16.2. The number of carbonyl (C=O) groups is 1. The molecule has 0 aromatic heterocycles. The minimum absolute atomic E-state index is 0.165. The number of hydrogen-bond donors (Lipinski definition) is 2. The maximum atomic E-state index is 11.7. The molecule has 2 N–H and O–H groups in total. The van der Waals surface area contributed by atoms with Gasteiger partial charge in [-0.2, -0.15) is 0 Å². The molecule has 1 aliphatic carbocycles. The minimum atomic E-state index is 0.165. The fourth-order valence-electron chi connectivity index (χ4n) is 2.57. The van der Waals surface area contributed by atoms with Crippen molar-refractivity contribution < 1.29 is 4.79 Å². The zero-order valence-corrected chi connectivity index (χ0v) is 11.4. The first-order chi connectivity index (χ1) is 9.20. The van der Waals surface area contributed by atoms with Crippen molar-refractivity contribution in [3.05, 3.63) is 24.3 Å². The van der Waals surface area contributed by atoms with Crippen molar-refractivity contribution >= 4 is 17.3 Å². The largest absolute Gasteiger partial charge is 0.381 e. The van der Waals surface area contributed by atoms with E-state index in [-0.39, 0.29) is 11.8 Å². The van der Waals surface area contributed by atoms with Crippen LogP contribution >= 0.6 is 0 Å². The molecular weight excluding hydrogens is 238 g/mol. The fraction of sp³-hybridized carbons (Fsp3) is 0.533. The summed E-state index contributed by atoms with van der Waals surface area (Å²) < 4.78 is 0. The monoisotopic (exact) mass is 259 g/mol. The molecule has 4 nitrogen and oxygen atoms in total. The van der Waals surface area contributed by atoms with Crippen LogP contribution in [0.1, 0.15) is 19.3 Å². The van der Waals surface area contributed by atoms with Gasteiger partial charge < -0.3 is 15.5 Å². The van der Waals surface area contributed by atoms with Gasteiger partial charge in [0.05, 0.1) is 0 Å². The maximum absolute atomic E-state index is 11.7. The second-order valence-corrected chi connectivity index (χ2v) is 5.74. The van der Waals surface area contributed by atoms with E-state index in [9.17, 15) is 4.79 Å². The molecule has 1 amide bonds. The second-order valence-electron chi connectivity index (χ2n) is 5.74. The predicted octanol–water partition coefficient (Wildman–Crippen LogP) is 2.15. The van der Waals surface area contributed by atoms with Gasteiger partial charge in [0, 0.05) is 29.9 Å². The van der Waals surface area contributed by atoms with E-state index in [1.807, 2.05) is 18.2 Å². The van der Waals surface area contributed by atoms with Crippen molar-refractivity contribution in [2.24, 2.45) is 5.92 Å². The number of nitrogens with zero attached hydrogens (tertiary/aromatic N) is 1. The summed E-state index contributed by atoms with van der Waals surface area (Å²) in [5.74, 6) is 0.415. The maximum Gasteiger partial charge on any atom is 0.227 e. The lowest BCUT2D eigenvalue weighted by molar-refractivity contribution is -0.117. The molecule has 1 aromatic carbocycles. The van der Waals surface area contributed by atoms with Crippen LogP contribution in [0.3, 0.4) is 0 Å². The SMILES string of the molecule is CN1CCC(Nc2cccc(NC(=O)C3CC3)c2)C1. The van der Waals surface area contributed by atoms with Crippen LogP contribution in [0.25, 0.3) is 0 Å². The van der Waals surface area contributed by atoms with Crippen LogP contribution in [0.4, 0.5) is 11.4 Å². The Labute approximate surface area is 114 Å². The molecule has 0 spiro atoms. The third-order valence-electron chi connectivity index (χ3n) is 3.84. The summed E-state index contributed by atoms with van der Waals surface area (Å²) in [5, 5.41) is 6.53. The van der Waals surface area contributed by atoms with Crippen molar-refractivity contribution in [3.8, 4) is 0 Å². The molecule has 0 radical (unpaired) electrons. The van der Waals surface area contributed by atoms with E-state index >= 15 is 0 Å². The van der Waals surface area contributed by atoms with Gasteiger partial charge in [-0.3, -0.25) is 4.79 Å². The van der Waals surface area contributed by atoms with Crippen molar-refractivity contribution in [3.63, 3.8) is 0 Å². The molecule has 4 heteroatoms. The van der Waals surface area contributed by atoms with Gasteiger partial charge in [0.15, 0.2) is 0 Å². The minimum Gasteiger partial charge on any atom is -0.381 e. The van der Waals surface area contributed by atoms with E-state index in [0.29, 0.717) is 6.04 Å². The highest BCUT2D eigenvalue weighted by Gasteiger charge is 2.29. The molecule has 1 saturated carbocycles. The molecule has 19 heavy (non-hydrogen) atoms. The van der Waals surface area contributed by atoms with Crippen LogP contribution in [-0.4, -0.2) is 37.0 Å². The van der Waals surface area contributed by atoms with Gasteiger partial charge in [-0.1, -0.05) is 6.07 Å². The zero-order chi connectivity index (χ0) is 13.2. The summed E-state index contributed by atoms with van der Waals surface area (Å²) in [7, 11) is 2.15. The standard InChI is InChI=1S/C15H21N3O/c1-18-8-7-14(10-18)16-12-3-2-4-13(9-12)17-15(19)11-5-6-11/h2-4,9,11,14,16H,5-8,10H2,1H3,(H,17,19). The number of rotatable bonds is 4. The molecule has 1 atom stereocenters. The van der Waals surface area contributed by atoms with E-state index in [1.165, 1.54) is 6.42 Å². The lowest BCUT2D eigenvalue weighted by Gasteiger charge is -2.15. The van der Waals surface area contributed by atoms with Crippen LogP contribution in [0.2, 0.25) is 0 Å². The Balaban J connectivity index is 1.60. The van der Waals surface area contributed by atoms with Crippen LogP contribution in [0.15, 0.2) is 24.3 Å². The number of nitrogens with one attached hydrogen (secondary N) is 2. The fourth-order valence-corrected chi connectivity index (χ4v) is 2.57. The van der Waals surface area contributed by atoms with E-state index in [4.69, 9.17) is 0 Å². The van der Waals surface area contributed by atoms with Crippen molar-refractivity contribution in [2.45, 2.75) is 25.3 Å².